The number of carboxylic acid groups (broad SMARTS) is 1. The van der Waals surface area contributed by atoms with Crippen LogP contribution in [0.2, 0.25) is 0 Å². The summed E-state index contributed by atoms with van der Waals surface area (Å²) < 4.78 is 29.4. The fourth-order valence-electron chi connectivity index (χ4n) is 9.17. The topological polar surface area (TPSA) is 312 Å². The van der Waals surface area contributed by atoms with Crippen molar-refractivity contribution in [3.05, 3.63) is 62.9 Å². The molecule has 5 heterocycles. The van der Waals surface area contributed by atoms with Gasteiger partial charge in [0.2, 0.25) is 29.2 Å². The Hall–Kier alpha value is -6.33. The highest BCUT2D eigenvalue weighted by Crippen LogP contribution is 2.42. The lowest BCUT2D eigenvalue weighted by Crippen LogP contribution is -2.56. The van der Waals surface area contributed by atoms with Crippen LogP contribution in [0.1, 0.15) is 94.4 Å². The van der Waals surface area contributed by atoms with Crippen molar-refractivity contribution in [2.45, 2.75) is 121 Å². The van der Waals surface area contributed by atoms with E-state index in [9.17, 15) is 43.5 Å². The fourth-order valence-corrected chi connectivity index (χ4v) is 9.17. The molecule has 1 saturated heterocycles. The molecule has 1 aromatic carbocycles. The van der Waals surface area contributed by atoms with Crippen LogP contribution in [-0.4, -0.2) is 145 Å². The Morgan fingerprint density at radius 3 is 2.39 bits per heavy atom. The molecule has 0 aliphatic carbocycles. The van der Waals surface area contributed by atoms with Crippen LogP contribution in [0.3, 0.4) is 0 Å². The molecule has 0 spiro atoms. The van der Waals surface area contributed by atoms with Crippen LogP contribution >= 0.6 is 0 Å². The molecule has 0 unspecified atom stereocenters. The van der Waals surface area contributed by atoms with Gasteiger partial charge in [0.1, 0.15) is 24.7 Å². The minimum Gasteiger partial charge on any atom is -0.481 e. The first kappa shape index (κ1) is 54.0. The third kappa shape index (κ3) is 12.8. The molecule has 6 rings (SSSR count). The number of nitrogens with one attached hydrogen (secondary N) is 3. The molecule has 0 bridgehead atoms. The zero-order valence-corrected chi connectivity index (χ0v) is 40.6. The third-order valence-corrected chi connectivity index (χ3v) is 12.9. The molecule has 22 nitrogen and oxygen atoms in total. The first-order valence-electron chi connectivity index (χ1n) is 24.3. The van der Waals surface area contributed by atoms with Crippen LogP contribution in [0.5, 0.6) is 0 Å². The number of hydrogen-bond donors (Lipinski definition) is 6. The van der Waals surface area contributed by atoms with Crippen molar-refractivity contribution in [2.75, 3.05) is 59.3 Å². The molecule has 3 aromatic rings. The van der Waals surface area contributed by atoms with Gasteiger partial charge < -0.3 is 65.7 Å². The lowest BCUT2D eigenvalue weighted by molar-refractivity contribution is -0.190. The first-order chi connectivity index (χ1) is 34.1. The van der Waals surface area contributed by atoms with Crippen LogP contribution in [0.15, 0.2) is 35.1 Å². The van der Waals surface area contributed by atoms with Gasteiger partial charge in [0.25, 0.3) is 5.56 Å². The zero-order valence-electron chi connectivity index (χ0n) is 40.6. The number of nitrogens with two attached hydrogens (primary N) is 2. The molecule has 5 atom stereocenters. The van der Waals surface area contributed by atoms with E-state index in [0.29, 0.717) is 43.7 Å². The molecule has 4 amide bonds. The highest BCUT2D eigenvalue weighted by atomic mass is 16.6. The number of rotatable bonds is 27. The number of pyridine rings is 2. The van der Waals surface area contributed by atoms with E-state index < -0.39 is 77.4 Å². The smallest absolute Gasteiger partial charge is 0.355 e. The van der Waals surface area contributed by atoms with E-state index in [-0.39, 0.29) is 95.6 Å². The van der Waals surface area contributed by atoms with Crippen LogP contribution in [0.4, 0.5) is 0 Å². The number of carboxylic acids is 1. The van der Waals surface area contributed by atoms with E-state index in [4.69, 9.17) is 40.1 Å². The van der Waals surface area contributed by atoms with Gasteiger partial charge in [-0.25, -0.2) is 14.6 Å². The molecule has 0 radical (unpaired) electrons. The number of aromatic nitrogens is 2. The Morgan fingerprint density at radius 1 is 0.972 bits per heavy atom. The van der Waals surface area contributed by atoms with Crippen molar-refractivity contribution < 1.29 is 62.4 Å². The normalized spacial score (nSPS) is 18.1. The van der Waals surface area contributed by atoms with Gasteiger partial charge in [0.05, 0.1) is 81.1 Å². The highest BCUT2D eigenvalue weighted by Gasteiger charge is 2.51. The number of amides is 4. The number of cyclic esters (lactones) is 1. The van der Waals surface area contributed by atoms with E-state index in [1.807, 2.05) is 31.2 Å². The average Bonchev–Trinajstić information content (AvgIpc) is 4.00. The number of carbonyl (C=O) groups excluding carboxylic acids is 6. The Morgan fingerprint density at radius 2 is 1.69 bits per heavy atom. The number of esters is 2. The summed E-state index contributed by atoms with van der Waals surface area (Å²) in [5, 5.41) is 18.4. The summed E-state index contributed by atoms with van der Waals surface area (Å²) in [7, 11) is 0. The predicted molar refractivity (Wildman–Crippen MR) is 255 cm³/mol. The molecule has 3 aliphatic heterocycles. The minimum atomic E-state index is -2.04. The maximum Gasteiger partial charge on any atom is 0.355 e. The SMILES string of the molecule is CCc1c2c(nc3ccccc13)-c1cc3c(c(=O)n1C2)COC(=O)[C@@]3(CC)OC(=O)[C@H](C)NC(=O)[C@@H]1CCCN1C(=O)[C@H](CC(=O)O)NC(=O)CCOCCOCCOCCNC(=O)[C@@H](N)CCCCN. The van der Waals surface area contributed by atoms with E-state index in [1.54, 1.807) is 17.6 Å². The predicted octanol–water partition coefficient (Wildman–Crippen LogP) is 0.661. The average molecular weight is 991 g/mol. The van der Waals surface area contributed by atoms with Crippen molar-refractivity contribution in [1.29, 1.82) is 0 Å². The second-order valence-corrected chi connectivity index (χ2v) is 17.7. The molecule has 2 aromatic heterocycles. The lowest BCUT2D eigenvalue weighted by atomic mass is 9.85. The number of benzene rings is 1. The van der Waals surface area contributed by atoms with Gasteiger partial charge in [-0.1, -0.05) is 38.5 Å². The lowest BCUT2D eigenvalue weighted by Gasteiger charge is -2.36. The zero-order chi connectivity index (χ0) is 51.2. The summed E-state index contributed by atoms with van der Waals surface area (Å²) in [6.45, 7) is 6.96. The van der Waals surface area contributed by atoms with Crippen molar-refractivity contribution >= 4 is 52.4 Å². The quantitative estimate of drug-likeness (QED) is 0.0353. The van der Waals surface area contributed by atoms with E-state index in [1.165, 1.54) is 11.8 Å². The Balaban J connectivity index is 0.985. The Bertz CT molecular complexity index is 2520. The maximum absolute atomic E-state index is 14.1. The molecule has 71 heavy (non-hydrogen) atoms. The van der Waals surface area contributed by atoms with Gasteiger partial charge in [0, 0.05) is 36.0 Å². The van der Waals surface area contributed by atoms with Gasteiger partial charge in [-0.3, -0.25) is 28.8 Å². The number of aliphatic carboxylic acids is 1. The van der Waals surface area contributed by atoms with Crippen molar-refractivity contribution in [3.63, 3.8) is 0 Å². The number of para-hydroxylation sites is 1. The summed E-state index contributed by atoms with van der Waals surface area (Å²) in [4.78, 5) is 112. The van der Waals surface area contributed by atoms with Crippen molar-refractivity contribution in [1.82, 2.24) is 30.4 Å². The summed E-state index contributed by atoms with van der Waals surface area (Å²) in [6, 6.07) is 4.78. The Labute approximate surface area is 410 Å². The molecule has 386 valence electrons. The van der Waals surface area contributed by atoms with Gasteiger partial charge in [-0.2, -0.15) is 0 Å². The van der Waals surface area contributed by atoms with Gasteiger partial charge in [-0.05, 0) is 69.7 Å². The van der Waals surface area contributed by atoms with Crippen LogP contribution < -0.4 is 33.0 Å². The fraction of sp³-hybridized carbons (Fsp3) is 0.571. The number of unbranched alkanes of at least 4 members (excludes halogenated alkanes) is 1. The van der Waals surface area contributed by atoms with Crippen molar-refractivity contribution in [2.24, 2.45) is 11.5 Å². The first-order valence-corrected chi connectivity index (χ1v) is 24.3. The van der Waals surface area contributed by atoms with Crippen LogP contribution in [0.25, 0.3) is 22.3 Å². The molecular formula is C49H66N8O14. The van der Waals surface area contributed by atoms with Gasteiger partial charge >= 0.3 is 17.9 Å². The summed E-state index contributed by atoms with van der Waals surface area (Å²) >= 11 is 0. The maximum atomic E-state index is 14.1. The number of likely N-dealkylation sites (tertiary alicyclic amines) is 1. The van der Waals surface area contributed by atoms with E-state index >= 15 is 0 Å². The molecular weight excluding hydrogens is 925 g/mol. The van der Waals surface area contributed by atoms with Gasteiger partial charge in [-0.15, -0.1) is 0 Å². The number of nitrogens with zero attached hydrogens (tertiary/aromatic N) is 3. The molecule has 0 saturated carbocycles. The second-order valence-electron chi connectivity index (χ2n) is 17.7. The Kier molecular flexibility index (Phi) is 19.1. The number of hydrogen-bond acceptors (Lipinski definition) is 16. The molecule has 3 aliphatic rings. The summed E-state index contributed by atoms with van der Waals surface area (Å²) in [6.07, 6.45) is 2.32. The standard InChI is InChI=1S/C49H66N8O14/c1-4-30-31-11-6-7-13-36(31)55-42-32(30)27-57-39(42)25-34-33(45(57)63)28-70-48(66)49(34,5-2)71-47(65)29(3)53-44(62)38-14-10-18-56(38)46(64)37(26-41(59)60)54-40(58)15-19-67-21-23-69-24-22-68-20-17-52-43(61)35(51)12-8-9-16-50/h6-7,11,13,25,29,35,37-38H,4-5,8-10,12,14-24,26-28,50-51H2,1-3H3,(H,52,61)(H,53,62)(H,54,58)(H,59,60)/t29-,35-,37-,38-,49-/m0/s1. The van der Waals surface area contributed by atoms with E-state index in [0.717, 1.165) is 34.9 Å². The largest absolute Gasteiger partial charge is 0.481 e. The molecule has 22 heteroatoms. The summed E-state index contributed by atoms with van der Waals surface area (Å²) in [5.74, 6) is -5.69. The number of fused-ring (bicyclic) bond motifs is 5. The second kappa shape index (κ2) is 25.2. The van der Waals surface area contributed by atoms with Crippen molar-refractivity contribution in [3.8, 4) is 11.4 Å². The number of ether oxygens (including phenoxy) is 5. The minimum absolute atomic E-state index is 0.0549. The molecule has 1 fully saturated rings. The summed E-state index contributed by atoms with van der Waals surface area (Å²) in [5.41, 5.74) is 12.9. The van der Waals surface area contributed by atoms with Crippen LogP contribution in [-0.2, 0) is 82.4 Å². The third-order valence-electron chi connectivity index (χ3n) is 12.9. The van der Waals surface area contributed by atoms with E-state index in [2.05, 4.69) is 16.0 Å². The highest BCUT2D eigenvalue weighted by molar-refractivity contribution is 5.96. The van der Waals surface area contributed by atoms with Gasteiger partial charge in [0.15, 0.2) is 0 Å². The monoisotopic (exact) mass is 990 g/mol. The molecule has 8 N–H and O–H groups in total. The number of carbonyl (C=O) groups is 7. The number of aryl methyl sites for hydroxylation is 1. The van der Waals surface area contributed by atoms with Crippen LogP contribution in [0, 0.1) is 0 Å².